The number of H-pyrrole nitrogens is 1. The summed E-state index contributed by atoms with van der Waals surface area (Å²) >= 11 is 6.00. The highest BCUT2D eigenvalue weighted by molar-refractivity contribution is 6.31. The van der Waals surface area contributed by atoms with Gasteiger partial charge in [-0.25, -0.2) is 4.79 Å². The van der Waals surface area contributed by atoms with Crippen molar-refractivity contribution in [2.75, 3.05) is 0 Å². The molecule has 0 saturated carbocycles. The van der Waals surface area contributed by atoms with Crippen molar-refractivity contribution in [3.8, 4) is 11.3 Å². The number of hydrogen-bond donors (Lipinski definition) is 2. The molecule has 96 valence electrons. The quantitative estimate of drug-likeness (QED) is 0.755. The zero-order valence-electron chi connectivity index (χ0n) is 10.0. The molecule has 0 atom stereocenters. The van der Waals surface area contributed by atoms with E-state index in [9.17, 15) is 9.90 Å². The van der Waals surface area contributed by atoms with Crippen molar-refractivity contribution >= 4 is 28.5 Å². The van der Waals surface area contributed by atoms with Gasteiger partial charge in [0.25, 0.3) is 0 Å². The number of aromatic nitrogens is 3. The van der Waals surface area contributed by atoms with Crippen molar-refractivity contribution in [2.45, 2.75) is 0 Å². The second kappa shape index (κ2) is 4.13. The molecule has 2 N–H and O–H groups in total. The predicted molar refractivity (Wildman–Crippen MR) is 72.5 cm³/mol. The van der Waals surface area contributed by atoms with Gasteiger partial charge in [0.05, 0.1) is 11.9 Å². The van der Waals surface area contributed by atoms with Crippen LogP contribution in [0.15, 0.2) is 30.6 Å². The molecule has 5 nitrogen and oxygen atoms in total. The van der Waals surface area contributed by atoms with E-state index >= 15 is 0 Å². The highest BCUT2D eigenvalue weighted by Crippen LogP contribution is 2.32. The van der Waals surface area contributed by atoms with Gasteiger partial charge in [0.1, 0.15) is 5.56 Å². The van der Waals surface area contributed by atoms with E-state index in [2.05, 4.69) is 10.1 Å². The zero-order valence-corrected chi connectivity index (χ0v) is 10.8. The maximum atomic E-state index is 11.2. The number of nitrogens with one attached hydrogen (secondary N) is 1. The summed E-state index contributed by atoms with van der Waals surface area (Å²) in [6.45, 7) is 0. The monoisotopic (exact) mass is 275 g/mol. The van der Waals surface area contributed by atoms with Crippen LogP contribution in [0.1, 0.15) is 10.4 Å². The third-order valence-electron chi connectivity index (χ3n) is 3.07. The van der Waals surface area contributed by atoms with Gasteiger partial charge in [-0.05, 0) is 18.2 Å². The number of benzene rings is 1. The first-order valence-corrected chi connectivity index (χ1v) is 5.98. The van der Waals surface area contributed by atoms with Gasteiger partial charge in [0, 0.05) is 34.7 Å². The predicted octanol–water partition coefficient (Wildman–Crippen LogP) is 2.92. The number of rotatable bonds is 2. The number of carbonyl (C=O) groups is 1. The van der Waals surface area contributed by atoms with Crippen LogP contribution in [-0.4, -0.2) is 25.8 Å². The summed E-state index contributed by atoms with van der Waals surface area (Å²) in [4.78, 5) is 14.3. The lowest BCUT2D eigenvalue weighted by Crippen LogP contribution is -2.00. The molecule has 0 unspecified atom stereocenters. The standard InChI is InChI=1S/C13H10ClN3O2/c1-17-12(10(6-16-17)13(18)19)9-5-15-11-3-2-7(14)4-8(9)11/h2-6,15H,1H3,(H,18,19). The van der Waals surface area contributed by atoms with Crippen molar-refractivity contribution in [2.24, 2.45) is 7.05 Å². The number of aryl methyl sites for hydroxylation is 1. The van der Waals surface area contributed by atoms with E-state index in [1.54, 1.807) is 30.1 Å². The van der Waals surface area contributed by atoms with Gasteiger partial charge >= 0.3 is 5.97 Å². The number of hydrogen-bond acceptors (Lipinski definition) is 2. The fraction of sp³-hybridized carbons (Fsp3) is 0.0769. The Kier molecular flexibility index (Phi) is 2.57. The van der Waals surface area contributed by atoms with E-state index in [-0.39, 0.29) is 5.56 Å². The summed E-state index contributed by atoms with van der Waals surface area (Å²) < 4.78 is 1.55. The fourth-order valence-electron chi connectivity index (χ4n) is 2.20. The van der Waals surface area contributed by atoms with E-state index in [0.29, 0.717) is 10.7 Å². The number of halogens is 1. The average Bonchev–Trinajstić information content (AvgIpc) is 2.92. The Morgan fingerprint density at radius 3 is 3.00 bits per heavy atom. The third-order valence-corrected chi connectivity index (χ3v) is 3.30. The highest BCUT2D eigenvalue weighted by Gasteiger charge is 2.19. The molecule has 0 aliphatic rings. The first-order chi connectivity index (χ1) is 9.08. The number of nitrogens with zero attached hydrogens (tertiary/aromatic N) is 2. The minimum atomic E-state index is -1.00. The molecule has 0 spiro atoms. The van der Waals surface area contributed by atoms with Crippen molar-refractivity contribution < 1.29 is 9.90 Å². The van der Waals surface area contributed by atoms with Crippen molar-refractivity contribution in [1.82, 2.24) is 14.8 Å². The first-order valence-electron chi connectivity index (χ1n) is 5.60. The van der Waals surface area contributed by atoms with Crippen LogP contribution >= 0.6 is 11.6 Å². The number of carboxylic acids is 1. The van der Waals surface area contributed by atoms with Crippen LogP contribution < -0.4 is 0 Å². The smallest absolute Gasteiger partial charge is 0.339 e. The van der Waals surface area contributed by atoms with Crippen LogP contribution in [0.25, 0.3) is 22.2 Å². The summed E-state index contributed by atoms with van der Waals surface area (Å²) in [5.74, 6) is -1.00. The molecule has 1 aromatic carbocycles. The Balaban J connectivity index is 2.33. The van der Waals surface area contributed by atoms with Crippen LogP contribution in [0.2, 0.25) is 5.02 Å². The van der Waals surface area contributed by atoms with Gasteiger partial charge in [-0.15, -0.1) is 0 Å². The summed E-state index contributed by atoms with van der Waals surface area (Å²) in [6, 6.07) is 5.45. The van der Waals surface area contributed by atoms with Crippen LogP contribution in [-0.2, 0) is 7.05 Å². The number of fused-ring (bicyclic) bond motifs is 1. The van der Waals surface area contributed by atoms with Crippen molar-refractivity contribution in [3.63, 3.8) is 0 Å². The topological polar surface area (TPSA) is 70.9 Å². The number of aromatic carboxylic acids is 1. The Morgan fingerprint density at radius 1 is 1.47 bits per heavy atom. The van der Waals surface area contributed by atoms with E-state index in [1.165, 1.54) is 6.20 Å². The minimum absolute atomic E-state index is 0.170. The first kappa shape index (κ1) is 11.8. The highest BCUT2D eigenvalue weighted by atomic mass is 35.5. The zero-order chi connectivity index (χ0) is 13.6. The van der Waals surface area contributed by atoms with E-state index in [1.807, 2.05) is 6.07 Å². The Bertz CT molecular complexity index is 788. The molecule has 0 aliphatic carbocycles. The maximum Gasteiger partial charge on any atom is 0.339 e. The summed E-state index contributed by atoms with van der Waals surface area (Å²) in [5.41, 5.74) is 2.40. The summed E-state index contributed by atoms with van der Waals surface area (Å²) in [6.07, 6.45) is 3.12. The van der Waals surface area contributed by atoms with Gasteiger partial charge in [-0.3, -0.25) is 4.68 Å². The van der Waals surface area contributed by atoms with Crippen LogP contribution in [0, 0.1) is 0 Å². The van der Waals surface area contributed by atoms with Gasteiger partial charge in [-0.2, -0.15) is 5.10 Å². The Labute approximate surface area is 113 Å². The molecule has 0 bridgehead atoms. The third kappa shape index (κ3) is 1.79. The minimum Gasteiger partial charge on any atom is -0.478 e. The van der Waals surface area contributed by atoms with Crippen LogP contribution in [0.3, 0.4) is 0 Å². The lowest BCUT2D eigenvalue weighted by Gasteiger charge is -2.03. The molecular formula is C13H10ClN3O2. The van der Waals surface area contributed by atoms with Crippen LogP contribution in [0.4, 0.5) is 0 Å². The number of carboxylic acid groups (broad SMARTS) is 1. The van der Waals surface area contributed by atoms with Gasteiger partial charge < -0.3 is 10.1 Å². The molecule has 19 heavy (non-hydrogen) atoms. The molecule has 0 amide bonds. The maximum absolute atomic E-state index is 11.2. The van der Waals surface area contributed by atoms with E-state index in [4.69, 9.17) is 11.6 Å². The molecule has 3 aromatic rings. The molecule has 0 aliphatic heterocycles. The average molecular weight is 276 g/mol. The molecule has 0 radical (unpaired) electrons. The van der Waals surface area contributed by atoms with E-state index < -0.39 is 5.97 Å². The largest absolute Gasteiger partial charge is 0.478 e. The number of aromatic amines is 1. The van der Waals surface area contributed by atoms with E-state index in [0.717, 1.165) is 16.5 Å². The summed E-state index contributed by atoms with van der Waals surface area (Å²) in [5, 5.41) is 14.7. The Morgan fingerprint density at radius 2 is 2.26 bits per heavy atom. The van der Waals surface area contributed by atoms with Crippen LogP contribution in [0.5, 0.6) is 0 Å². The molecule has 6 heteroatoms. The van der Waals surface area contributed by atoms with Gasteiger partial charge in [0.15, 0.2) is 0 Å². The second-order valence-corrected chi connectivity index (χ2v) is 4.66. The fourth-order valence-corrected chi connectivity index (χ4v) is 2.37. The summed E-state index contributed by atoms with van der Waals surface area (Å²) in [7, 11) is 1.71. The molecule has 2 aromatic heterocycles. The molecule has 3 rings (SSSR count). The normalized spacial score (nSPS) is 11.1. The molecule has 2 heterocycles. The SMILES string of the molecule is Cn1ncc(C(=O)O)c1-c1c[nH]c2ccc(Cl)cc12. The lowest BCUT2D eigenvalue weighted by molar-refractivity contribution is 0.0697. The molecular weight excluding hydrogens is 266 g/mol. The Hall–Kier alpha value is -2.27. The van der Waals surface area contributed by atoms with Gasteiger partial charge in [0.2, 0.25) is 0 Å². The lowest BCUT2D eigenvalue weighted by atomic mass is 10.1. The van der Waals surface area contributed by atoms with Crippen molar-refractivity contribution in [3.05, 3.63) is 41.2 Å². The molecule has 0 fully saturated rings. The molecule has 0 saturated heterocycles. The van der Waals surface area contributed by atoms with Crippen molar-refractivity contribution in [1.29, 1.82) is 0 Å². The second-order valence-electron chi connectivity index (χ2n) is 4.23. The van der Waals surface area contributed by atoms with Gasteiger partial charge in [-0.1, -0.05) is 11.6 Å².